The van der Waals surface area contributed by atoms with Crippen LogP contribution in [0.2, 0.25) is 12.6 Å². The third-order valence-corrected chi connectivity index (χ3v) is 4.08. The van der Waals surface area contributed by atoms with Gasteiger partial charge in [0, 0.05) is 12.1 Å². The fourth-order valence-electron chi connectivity index (χ4n) is 3.34. The molecule has 2 heteroatoms. The Morgan fingerprint density at radius 1 is 1.16 bits per heavy atom. The SMILES string of the molecule is C=CC[C@H]1CC=C[C@@H](CC=C)N1B(CCC)CCC. The van der Waals surface area contributed by atoms with Crippen LogP contribution in [0.25, 0.3) is 0 Å². The molecule has 0 saturated carbocycles. The van der Waals surface area contributed by atoms with Crippen LogP contribution in [0.5, 0.6) is 0 Å². The van der Waals surface area contributed by atoms with Crippen LogP contribution in [0.3, 0.4) is 0 Å². The van der Waals surface area contributed by atoms with Crippen molar-refractivity contribution in [3.8, 4) is 0 Å². The first-order valence-electron chi connectivity index (χ1n) is 7.94. The molecule has 0 aromatic heterocycles. The van der Waals surface area contributed by atoms with Crippen LogP contribution in [-0.4, -0.2) is 23.7 Å². The molecule has 0 aromatic rings. The van der Waals surface area contributed by atoms with E-state index in [-0.39, 0.29) is 0 Å². The second kappa shape index (κ2) is 9.20. The summed E-state index contributed by atoms with van der Waals surface area (Å²) in [6, 6.07) is 1.18. The molecule has 106 valence electrons. The monoisotopic (exact) mass is 259 g/mol. The topological polar surface area (TPSA) is 3.24 Å². The minimum absolute atomic E-state index is 0.541. The fourth-order valence-corrected chi connectivity index (χ4v) is 3.34. The van der Waals surface area contributed by atoms with Gasteiger partial charge in [-0.05, 0) is 19.3 Å². The molecule has 1 aliphatic heterocycles. The molecular formula is C17H30BN. The van der Waals surface area contributed by atoms with Crippen LogP contribution in [0.15, 0.2) is 37.5 Å². The van der Waals surface area contributed by atoms with Crippen molar-refractivity contribution in [2.45, 2.75) is 70.7 Å². The molecule has 1 aliphatic rings. The highest BCUT2D eigenvalue weighted by Gasteiger charge is 2.33. The molecular weight excluding hydrogens is 229 g/mol. The lowest BCUT2D eigenvalue weighted by molar-refractivity contribution is 0.264. The predicted molar refractivity (Wildman–Crippen MR) is 88.8 cm³/mol. The van der Waals surface area contributed by atoms with Crippen LogP contribution in [0.4, 0.5) is 0 Å². The predicted octanol–water partition coefficient (Wildman–Crippen LogP) is 4.95. The van der Waals surface area contributed by atoms with Gasteiger partial charge in [0.2, 0.25) is 6.85 Å². The van der Waals surface area contributed by atoms with Gasteiger partial charge in [0.1, 0.15) is 0 Å². The van der Waals surface area contributed by atoms with Crippen molar-refractivity contribution in [1.29, 1.82) is 0 Å². The minimum Gasteiger partial charge on any atom is -0.332 e. The second-order valence-electron chi connectivity index (χ2n) is 5.61. The van der Waals surface area contributed by atoms with E-state index >= 15 is 0 Å². The van der Waals surface area contributed by atoms with Gasteiger partial charge in [-0.3, -0.25) is 0 Å². The Morgan fingerprint density at radius 3 is 2.32 bits per heavy atom. The van der Waals surface area contributed by atoms with E-state index in [1.54, 1.807) is 0 Å². The Hall–Kier alpha value is -0.755. The van der Waals surface area contributed by atoms with Crippen molar-refractivity contribution in [3.63, 3.8) is 0 Å². The third-order valence-electron chi connectivity index (χ3n) is 4.08. The zero-order valence-corrected chi connectivity index (χ0v) is 12.9. The van der Waals surface area contributed by atoms with Gasteiger partial charge < -0.3 is 4.81 Å². The molecule has 0 saturated heterocycles. The first-order valence-corrected chi connectivity index (χ1v) is 7.94. The summed E-state index contributed by atoms with van der Waals surface area (Å²) in [7, 11) is 0. The highest BCUT2D eigenvalue weighted by Crippen LogP contribution is 2.27. The number of rotatable bonds is 9. The quantitative estimate of drug-likeness (QED) is 0.418. The summed E-state index contributed by atoms with van der Waals surface area (Å²) >= 11 is 0. The van der Waals surface area contributed by atoms with Gasteiger partial charge >= 0.3 is 0 Å². The molecule has 1 rings (SSSR count). The van der Waals surface area contributed by atoms with E-state index in [9.17, 15) is 0 Å². The third kappa shape index (κ3) is 4.69. The molecule has 0 bridgehead atoms. The molecule has 0 aliphatic carbocycles. The van der Waals surface area contributed by atoms with E-state index in [1.165, 1.54) is 31.9 Å². The van der Waals surface area contributed by atoms with Crippen molar-refractivity contribution in [2.75, 3.05) is 0 Å². The largest absolute Gasteiger partial charge is 0.332 e. The van der Waals surface area contributed by atoms with E-state index in [0.717, 1.165) is 19.7 Å². The molecule has 1 nitrogen and oxygen atoms in total. The summed E-state index contributed by atoms with van der Waals surface area (Å²) in [5.41, 5.74) is 0. The van der Waals surface area contributed by atoms with E-state index in [2.05, 4.69) is 56.1 Å². The van der Waals surface area contributed by atoms with Crippen LogP contribution in [-0.2, 0) is 0 Å². The number of hydrogen-bond donors (Lipinski definition) is 0. The molecule has 0 radical (unpaired) electrons. The lowest BCUT2D eigenvalue weighted by Crippen LogP contribution is -2.52. The maximum absolute atomic E-state index is 3.94. The molecule has 0 spiro atoms. The minimum atomic E-state index is 0.541. The maximum Gasteiger partial charge on any atom is 0.223 e. The van der Waals surface area contributed by atoms with Crippen LogP contribution in [0.1, 0.15) is 46.0 Å². The molecule has 0 unspecified atom stereocenters. The zero-order valence-electron chi connectivity index (χ0n) is 12.9. The summed E-state index contributed by atoms with van der Waals surface area (Å²) in [6.45, 7) is 13.2. The van der Waals surface area contributed by atoms with Crippen molar-refractivity contribution in [3.05, 3.63) is 37.5 Å². The van der Waals surface area contributed by atoms with Gasteiger partial charge in [0.25, 0.3) is 0 Å². The van der Waals surface area contributed by atoms with Crippen LogP contribution < -0.4 is 0 Å². The van der Waals surface area contributed by atoms with Gasteiger partial charge in [0.15, 0.2) is 0 Å². The molecule has 19 heavy (non-hydrogen) atoms. The standard InChI is InChI=1S/C17H30BN/c1-5-10-16-12-9-13-17(11-6-2)19(16)18(14-7-3)15-8-4/h5-6,9,12,16-17H,1-2,7-8,10-11,13-15H2,3-4H3/t16-,17+/m1/s1. The van der Waals surface area contributed by atoms with E-state index in [4.69, 9.17) is 0 Å². The van der Waals surface area contributed by atoms with Gasteiger partial charge in [-0.1, -0.05) is 63.6 Å². The molecule has 0 N–H and O–H groups in total. The van der Waals surface area contributed by atoms with Gasteiger partial charge in [-0.25, -0.2) is 0 Å². The van der Waals surface area contributed by atoms with E-state index < -0.39 is 0 Å². The molecule has 1 heterocycles. The lowest BCUT2D eigenvalue weighted by atomic mass is 9.51. The molecule has 2 atom stereocenters. The number of nitrogens with zero attached hydrogens (tertiary/aromatic N) is 1. The molecule has 0 fully saturated rings. The summed E-state index contributed by atoms with van der Waals surface area (Å²) < 4.78 is 0. The maximum atomic E-state index is 3.94. The van der Waals surface area contributed by atoms with Crippen molar-refractivity contribution < 1.29 is 0 Å². The van der Waals surface area contributed by atoms with Crippen LogP contribution in [0, 0.1) is 0 Å². The Balaban J connectivity index is 2.90. The summed E-state index contributed by atoms with van der Waals surface area (Å²) in [6.07, 6.45) is 17.4. The van der Waals surface area contributed by atoms with Crippen molar-refractivity contribution in [2.24, 2.45) is 0 Å². The zero-order chi connectivity index (χ0) is 14.1. The highest BCUT2D eigenvalue weighted by atomic mass is 15.1. The van der Waals surface area contributed by atoms with Crippen molar-refractivity contribution in [1.82, 2.24) is 4.81 Å². The Kier molecular flexibility index (Phi) is 7.89. The van der Waals surface area contributed by atoms with Gasteiger partial charge in [-0.15, -0.1) is 13.2 Å². The smallest absolute Gasteiger partial charge is 0.223 e. The van der Waals surface area contributed by atoms with Gasteiger partial charge in [-0.2, -0.15) is 0 Å². The van der Waals surface area contributed by atoms with Crippen molar-refractivity contribution >= 4 is 6.85 Å². The fraction of sp³-hybridized carbons (Fsp3) is 0.647. The molecule has 0 amide bonds. The second-order valence-corrected chi connectivity index (χ2v) is 5.61. The average Bonchev–Trinajstić information content (AvgIpc) is 2.40. The van der Waals surface area contributed by atoms with E-state index in [1.807, 2.05) is 0 Å². The van der Waals surface area contributed by atoms with Crippen LogP contribution >= 0.6 is 0 Å². The summed E-state index contributed by atoms with van der Waals surface area (Å²) in [4.78, 5) is 2.76. The molecule has 0 aromatic carbocycles. The first-order chi connectivity index (χ1) is 9.28. The number of hydrogen-bond acceptors (Lipinski definition) is 1. The summed E-state index contributed by atoms with van der Waals surface area (Å²) in [5, 5.41) is 0. The average molecular weight is 259 g/mol. The van der Waals surface area contributed by atoms with Gasteiger partial charge in [0.05, 0.1) is 0 Å². The Labute approximate surface area is 120 Å². The summed E-state index contributed by atoms with van der Waals surface area (Å²) in [5.74, 6) is 0. The van der Waals surface area contributed by atoms with E-state index in [0.29, 0.717) is 12.1 Å². The lowest BCUT2D eigenvalue weighted by Gasteiger charge is -2.43. The normalized spacial score (nSPS) is 23.3. The Bertz CT molecular complexity index is 292. The first kappa shape index (κ1) is 16.3. The highest BCUT2D eigenvalue weighted by molar-refractivity contribution is 6.56. The Morgan fingerprint density at radius 2 is 1.79 bits per heavy atom.